The molecule has 2 aromatic rings. The Bertz CT molecular complexity index is 1010. The molecule has 30 heavy (non-hydrogen) atoms. The number of halogens is 4. The van der Waals surface area contributed by atoms with Crippen molar-refractivity contribution in [2.45, 2.75) is 57.9 Å². The number of rotatable bonds is 3. The lowest BCUT2D eigenvalue weighted by Crippen LogP contribution is -2.30. The van der Waals surface area contributed by atoms with Gasteiger partial charge in [0.2, 0.25) is 0 Å². The van der Waals surface area contributed by atoms with Crippen LogP contribution in [0.2, 0.25) is 0 Å². The van der Waals surface area contributed by atoms with E-state index in [1.54, 1.807) is 0 Å². The molecule has 1 aromatic heterocycles. The SMILES string of the molecule is Cn1c(C(C)(C)C)c/c(=N\C(=O)c2cc(C(F)(F)F)ccc2Br)n1C[C@H]1CCCO1. The van der Waals surface area contributed by atoms with Crippen LogP contribution in [0, 0.1) is 0 Å². The maximum absolute atomic E-state index is 13.1. The highest BCUT2D eigenvalue weighted by molar-refractivity contribution is 9.10. The van der Waals surface area contributed by atoms with E-state index in [0.29, 0.717) is 18.6 Å². The number of ether oxygens (including phenoxy) is 1. The first kappa shape index (κ1) is 22.8. The van der Waals surface area contributed by atoms with E-state index in [4.69, 9.17) is 4.74 Å². The van der Waals surface area contributed by atoms with Crippen LogP contribution in [0.15, 0.2) is 33.7 Å². The maximum atomic E-state index is 13.1. The second kappa shape index (κ2) is 8.34. The average molecular weight is 488 g/mol. The smallest absolute Gasteiger partial charge is 0.376 e. The number of carbonyl (C=O) groups is 1. The Kier molecular flexibility index (Phi) is 6.34. The van der Waals surface area contributed by atoms with Crippen LogP contribution in [0.4, 0.5) is 13.2 Å². The van der Waals surface area contributed by atoms with Crippen molar-refractivity contribution in [1.82, 2.24) is 9.36 Å². The highest BCUT2D eigenvalue weighted by atomic mass is 79.9. The molecule has 1 saturated heterocycles. The van der Waals surface area contributed by atoms with E-state index < -0.39 is 17.6 Å². The Morgan fingerprint density at radius 3 is 2.53 bits per heavy atom. The number of aromatic nitrogens is 2. The lowest BCUT2D eigenvalue weighted by atomic mass is 9.92. The molecule has 0 unspecified atom stereocenters. The monoisotopic (exact) mass is 487 g/mol. The van der Waals surface area contributed by atoms with Crippen molar-refractivity contribution < 1.29 is 22.7 Å². The minimum Gasteiger partial charge on any atom is -0.376 e. The van der Waals surface area contributed by atoms with Crippen LogP contribution in [0.1, 0.15) is 55.2 Å². The van der Waals surface area contributed by atoms with Crippen LogP contribution in [-0.2, 0) is 29.9 Å². The highest BCUT2D eigenvalue weighted by Crippen LogP contribution is 2.32. The van der Waals surface area contributed by atoms with Crippen LogP contribution in [0.5, 0.6) is 0 Å². The zero-order valence-corrected chi connectivity index (χ0v) is 19.0. The van der Waals surface area contributed by atoms with E-state index in [-0.39, 0.29) is 21.6 Å². The van der Waals surface area contributed by atoms with Gasteiger partial charge >= 0.3 is 6.18 Å². The zero-order chi connectivity index (χ0) is 22.3. The van der Waals surface area contributed by atoms with E-state index in [2.05, 4.69) is 20.9 Å². The molecule has 1 fully saturated rings. The van der Waals surface area contributed by atoms with Gasteiger partial charge in [-0.15, -0.1) is 0 Å². The lowest BCUT2D eigenvalue weighted by molar-refractivity contribution is -0.137. The van der Waals surface area contributed by atoms with Gasteiger partial charge in [0.25, 0.3) is 5.91 Å². The van der Waals surface area contributed by atoms with Gasteiger partial charge in [-0.3, -0.25) is 14.2 Å². The molecule has 164 valence electrons. The summed E-state index contributed by atoms with van der Waals surface area (Å²) in [5.74, 6) is -0.736. The number of carbonyl (C=O) groups excluding carboxylic acids is 1. The van der Waals surface area contributed by atoms with Crippen molar-refractivity contribution in [1.29, 1.82) is 0 Å². The quantitative estimate of drug-likeness (QED) is 0.622. The standard InChI is InChI=1S/C21H25BrF3N3O2/c1-20(2,3)17-11-18(28(27(17)4)12-14-6-5-9-30-14)26-19(29)15-10-13(21(23,24)25)7-8-16(15)22/h7-8,10-11,14H,5-6,9,12H2,1-4H3/b26-18+/t14-/m1/s1. The summed E-state index contributed by atoms with van der Waals surface area (Å²) in [5.41, 5.74) is 0.123. The Hall–Kier alpha value is -1.87. The third-order valence-corrected chi connectivity index (χ3v) is 5.84. The van der Waals surface area contributed by atoms with Gasteiger partial charge in [0.1, 0.15) is 0 Å². The van der Waals surface area contributed by atoms with Crippen LogP contribution < -0.4 is 5.49 Å². The van der Waals surface area contributed by atoms with Crippen molar-refractivity contribution in [2.75, 3.05) is 6.61 Å². The van der Waals surface area contributed by atoms with Gasteiger partial charge in [-0.05, 0) is 47.0 Å². The Labute approximate surface area is 181 Å². The molecule has 1 aliphatic heterocycles. The first-order chi connectivity index (χ1) is 13.9. The molecule has 1 aromatic carbocycles. The molecule has 1 atom stereocenters. The summed E-state index contributed by atoms with van der Waals surface area (Å²) >= 11 is 3.17. The average Bonchev–Trinajstić information content (AvgIpc) is 3.24. The lowest BCUT2D eigenvalue weighted by Gasteiger charge is -2.21. The van der Waals surface area contributed by atoms with Gasteiger partial charge in [0.05, 0.1) is 23.8 Å². The van der Waals surface area contributed by atoms with Gasteiger partial charge in [-0.1, -0.05) is 20.8 Å². The van der Waals surface area contributed by atoms with E-state index >= 15 is 0 Å². The van der Waals surface area contributed by atoms with Gasteiger partial charge in [0.15, 0.2) is 5.49 Å². The molecular weight excluding hydrogens is 463 g/mol. The fraction of sp³-hybridized carbons (Fsp3) is 0.524. The van der Waals surface area contributed by atoms with Gasteiger partial charge in [-0.2, -0.15) is 18.2 Å². The third-order valence-electron chi connectivity index (χ3n) is 5.15. The molecule has 0 aliphatic carbocycles. The highest BCUT2D eigenvalue weighted by Gasteiger charge is 2.31. The number of hydrogen-bond donors (Lipinski definition) is 0. The zero-order valence-electron chi connectivity index (χ0n) is 17.4. The van der Waals surface area contributed by atoms with Crippen LogP contribution in [0.25, 0.3) is 0 Å². The predicted molar refractivity (Wildman–Crippen MR) is 110 cm³/mol. The number of amides is 1. The largest absolute Gasteiger partial charge is 0.416 e. The van der Waals surface area contributed by atoms with Crippen molar-refractivity contribution in [3.63, 3.8) is 0 Å². The Morgan fingerprint density at radius 2 is 1.97 bits per heavy atom. The van der Waals surface area contributed by atoms with Gasteiger partial charge in [-0.25, -0.2) is 0 Å². The fourth-order valence-electron chi connectivity index (χ4n) is 3.59. The summed E-state index contributed by atoms with van der Waals surface area (Å²) in [5, 5.41) is 0. The first-order valence-electron chi connectivity index (χ1n) is 9.72. The molecule has 2 heterocycles. The second-order valence-corrected chi connectivity index (χ2v) is 9.34. The van der Waals surface area contributed by atoms with Crippen LogP contribution in [-0.4, -0.2) is 28.0 Å². The number of hydrogen-bond acceptors (Lipinski definition) is 2. The normalized spacial score (nSPS) is 18.3. The first-order valence-corrected chi connectivity index (χ1v) is 10.5. The Morgan fingerprint density at radius 1 is 1.27 bits per heavy atom. The van der Waals surface area contributed by atoms with Crippen molar-refractivity contribution in [3.05, 3.63) is 51.0 Å². The molecule has 1 aliphatic rings. The number of benzene rings is 1. The second-order valence-electron chi connectivity index (χ2n) is 8.49. The number of alkyl halides is 3. The summed E-state index contributed by atoms with van der Waals surface area (Å²) in [6, 6.07) is 4.79. The van der Waals surface area contributed by atoms with Crippen molar-refractivity contribution in [2.24, 2.45) is 12.0 Å². The fourth-order valence-corrected chi connectivity index (χ4v) is 4.01. The minimum absolute atomic E-state index is 0.0146. The van der Waals surface area contributed by atoms with Gasteiger partial charge < -0.3 is 4.74 Å². The summed E-state index contributed by atoms with van der Waals surface area (Å²) < 4.78 is 49.1. The molecule has 5 nitrogen and oxygen atoms in total. The molecule has 9 heteroatoms. The maximum Gasteiger partial charge on any atom is 0.416 e. The van der Waals surface area contributed by atoms with E-state index in [1.165, 1.54) is 6.07 Å². The molecule has 0 radical (unpaired) electrons. The topological polar surface area (TPSA) is 48.5 Å². The van der Waals surface area contributed by atoms with Crippen molar-refractivity contribution >= 4 is 21.8 Å². The summed E-state index contributed by atoms with van der Waals surface area (Å²) in [6.07, 6.45) is -2.64. The summed E-state index contributed by atoms with van der Waals surface area (Å²) in [4.78, 5) is 17.1. The summed E-state index contributed by atoms with van der Waals surface area (Å²) in [6.45, 7) is 7.36. The van der Waals surface area contributed by atoms with Gasteiger partial charge in [0, 0.05) is 35.3 Å². The van der Waals surface area contributed by atoms with Crippen LogP contribution >= 0.6 is 15.9 Å². The molecule has 0 saturated carbocycles. The molecule has 0 spiro atoms. The third kappa shape index (κ3) is 4.88. The molecule has 0 N–H and O–H groups in total. The van der Waals surface area contributed by atoms with Crippen molar-refractivity contribution in [3.8, 4) is 0 Å². The van der Waals surface area contributed by atoms with Crippen LogP contribution in [0.3, 0.4) is 0 Å². The molecule has 3 rings (SSSR count). The molecule has 0 bridgehead atoms. The van der Waals surface area contributed by atoms with E-state index in [9.17, 15) is 18.0 Å². The summed E-state index contributed by atoms with van der Waals surface area (Å²) in [7, 11) is 1.89. The molecule has 1 amide bonds. The van der Waals surface area contributed by atoms with E-state index in [1.807, 2.05) is 43.2 Å². The molecular formula is C21H25BrF3N3O2. The predicted octanol–water partition coefficient (Wildman–Crippen LogP) is 4.83. The Balaban J connectivity index is 2.08. The number of nitrogens with zero attached hydrogens (tertiary/aromatic N) is 3. The van der Waals surface area contributed by atoms with E-state index in [0.717, 1.165) is 30.7 Å². The minimum atomic E-state index is -4.54.